The van der Waals surface area contributed by atoms with Crippen LogP contribution in [0.1, 0.15) is 22.3 Å². The van der Waals surface area contributed by atoms with E-state index in [1.54, 1.807) is 0 Å². The zero-order valence-corrected chi connectivity index (χ0v) is 22.9. The Kier molecular flexibility index (Phi) is 10.4. The minimum Gasteiger partial charge on any atom is -0.462 e. The third kappa shape index (κ3) is 8.41. The fourth-order valence-corrected chi connectivity index (χ4v) is 4.36. The molecule has 4 rings (SSSR count). The number of anilines is 2. The second-order valence-electron chi connectivity index (χ2n) is 9.19. The largest absolute Gasteiger partial charge is 0.462 e. The van der Waals surface area contributed by atoms with Crippen LogP contribution in [0.2, 0.25) is 0 Å². The van der Waals surface area contributed by atoms with Crippen molar-refractivity contribution in [1.82, 2.24) is 0 Å². The topological polar surface area (TPSA) is 55.8 Å². The molecule has 0 atom stereocenters. The van der Waals surface area contributed by atoms with Crippen molar-refractivity contribution < 1.29 is 19.1 Å². The Morgan fingerprint density at radius 3 is 1.63 bits per heavy atom. The Hall–Kier alpha value is -5.16. The van der Waals surface area contributed by atoms with Gasteiger partial charge in [0.1, 0.15) is 6.61 Å². The smallest absolute Gasteiger partial charge is 0.330 e. The van der Waals surface area contributed by atoms with Gasteiger partial charge in [0, 0.05) is 29.9 Å². The molecule has 4 aromatic rings. The van der Waals surface area contributed by atoms with Crippen LogP contribution in [0.3, 0.4) is 0 Å². The molecule has 0 unspecified atom stereocenters. The van der Waals surface area contributed by atoms with Crippen molar-refractivity contribution in [2.45, 2.75) is 6.42 Å². The van der Waals surface area contributed by atoms with Crippen LogP contribution in [0, 0.1) is 0 Å². The second-order valence-corrected chi connectivity index (χ2v) is 9.19. The molecule has 0 spiro atoms. The Labute approximate surface area is 241 Å². The van der Waals surface area contributed by atoms with E-state index in [9.17, 15) is 9.59 Å². The third-order valence-corrected chi connectivity index (χ3v) is 6.46. The second kappa shape index (κ2) is 14.8. The third-order valence-electron chi connectivity index (χ3n) is 6.46. The van der Waals surface area contributed by atoms with Crippen LogP contribution >= 0.6 is 0 Å². The van der Waals surface area contributed by atoms with Gasteiger partial charge in [-0.1, -0.05) is 98.1 Å². The van der Waals surface area contributed by atoms with Gasteiger partial charge in [-0.25, -0.2) is 9.59 Å². The van der Waals surface area contributed by atoms with Gasteiger partial charge in [0.2, 0.25) is 0 Å². The molecule has 0 aliphatic carbocycles. The Morgan fingerprint density at radius 2 is 1.12 bits per heavy atom. The van der Waals surface area contributed by atoms with Gasteiger partial charge in [-0.15, -0.1) is 0 Å². The monoisotopic (exact) mass is 543 g/mol. The lowest BCUT2D eigenvalue weighted by atomic mass is 9.95. The van der Waals surface area contributed by atoms with Crippen molar-refractivity contribution >= 4 is 35.0 Å². The minimum absolute atomic E-state index is 0.206. The molecule has 5 heteroatoms. The molecule has 0 bridgehead atoms. The SMILES string of the molecule is C=CC(=O)OCCc1ccc(N(CCOC(=O)C=C)c2ccc(C=C(c3ccccc3)c3ccccc3)cc2)cc1. The number of rotatable bonds is 13. The molecule has 41 heavy (non-hydrogen) atoms. The summed E-state index contributed by atoms with van der Waals surface area (Å²) in [6.45, 7) is 7.84. The number of carbonyl (C=O) groups is 2. The molecule has 0 saturated carbocycles. The molecule has 0 heterocycles. The molecule has 0 amide bonds. The fraction of sp³-hybridized carbons (Fsp3) is 0.111. The summed E-state index contributed by atoms with van der Waals surface area (Å²) in [6.07, 6.45) is 5.11. The average molecular weight is 544 g/mol. The summed E-state index contributed by atoms with van der Waals surface area (Å²) in [5.41, 5.74) is 7.45. The molecular weight excluding hydrogens is 510 g/mol. The van der Waals surface area contributed by atoms with Crippen LogP contribution in [0.15, 0.2) is 135 Å². The van der Waals surface area contributed by atoms with Gasteiger partial charge in [0.25, 0.3) is 0 Å². The molecule has 0 saturated heterocycles. The molecule has 0 radical (unpaired) electrons. The lowest BCUT2D eigenvalue weighted by Crippen LogP contribution is -2.23. The maximum atomic E-state index is 11.7. The van der Waals surface area contributed by atoms with Crippen molar-refractivity contribution in [1.29, 1.82) is 0 Å². The molecular formula is C36H33NO4. The van der Waals surface area contributed by atoms with E-state index in [1.165, 1.54) is 0 Å². The van der Waals surface area contributed by atoms with E-state index in [1.807, 2.05) is 60.7 Å². The Bertz CT molecular complexity index is 1430. The van der Waals surface area contributed by atoms with Crippen LogP contribution in [0.4, 0.5) is 11.4 Å². The molecule has 0 N–H and O–H groups in total. The van der Waals surface area contributed by atoms with E-state index in [2.05, 4.69) is 72.7 Å². The van der Waals surface area contributed by atoms with E-state index in [0.717, 1.165) is 51.4 Å². The normalized spacial score (nSPS) is 10.2. The summed E-state index contributed by atoms with van der Waals surface area (Å²) < 4.78 is 10.4. The number of carbonyl (C=O) groups excluding carboxylic acids is 2. The molecule has 0 fully saturated rings. The van der Waals surface area contributed by atoms with E-state index in [0.29, 0.717) is 13.0 Å². The highest BCUT2D eigenvalue weighted by Crippen LogP contribution is 2.29. The van der Waals surface area contributed by atoms with Crippen molar-refractivity contribution in [2.75, 3.05) is 24.7 Å². The molecule has 206 valence electrons. The fourth-order valence-electron chi connectivity index (χ4n) is 4.36. The van der Waals surface area contributed by atoms with E-state index >= 15 is 0 Å². The summed E-state index contributed by atoms with van der Waals surface area (Å²) >= 11 is 0. The van der Waals surface area contributed by atoms with Gasteiger partial charge in [-0.2, -0.15) is 0 Å². The van der Waals surface area contributed by atoms with Crippen molar-refractivity contribution in [3.05, 3.63) is 157 Å². The van der Waals surface area contributed by atoms with Crippen molar-refractivity contribution in [3.8, 4) is 0 Å². The first-order valence-corrected chi connectivity index (χ1v) is 13.4. The minimum atomic E-state index is -0.454. The first-order chi connectivity index (χ1) is 20.1. The summed E-state index contributed by atoms with van der Waals surface area (Å²) in [5, 5.41) is 0. The van der Waals surface area contributed by atoms with Crippen LogP contribution in [-0.2, 0) is 25.5 Å². The van der Waals surface area contributed by atoms with Crippen LogP contribution in [-0.4, -0.2) is 31.7 Å². The first-order valence-electron chi connectivity index (χ1n) is 13.4. The summed E-state index contributed by atoms with van der Waals surface area (Å²) in [4.78, 5) is 25.1. The Balaban J connectivity index is 1.58. The van der Waals surface area contributed by atoms with Gasteiger partial charge in [-0.3, -0.25) is 0 Å². The zero-order valence-electron chi connectivity index (χ0n) is 22.9. The number of ether oxygens (including phenoxy) is 2. The Morgan fingerprint density at radius 1 is 0.634 bits per heavy atom. The predicted molar refractivity (Wildman–Crippen MR) is 166 cm³/mol. The molecule has 4 aromatic carbocycles. The van der Waals surface area contributed by atoms with Gasteiger partial charge in [-0.05, 0) is 58.2 Å². The molecule has 0 aliphatic rings. The number of nitrogens with zero attached hydrogens (tertiary/aromatic N) is 1. The van der Waals surface area contributed by atoms with Crippen molar-refractivity contribution in [2.24, 2.45) is 0 Å². The zero-order chi connectivity index (χ0) is 28.9. The number of benzene rings is 4. The van der Waals surface area contributed by atoms with Crippen LogP contribution < -0.4 is 4.90 Å². The average Bonchev–Trinajstić information content (AvgIpc) is 3.03. The van der Waals surface area contributed by atoms with Gasteiger partial charge >= 0.3 is 11.9 Å². The highest BCUT2D eigenvalue weighted by Gasteiger charge is 2.12. The standard InChI is InChI=1S/C36H33NO4/c1-3-35(38)40-25-23-28-15-19-32(20-16-28)37(24-26-41-36(39)4-2)33-21-17-29(18-22-33)27-34(30-11-7-5-8-12-30)31-13-9-6-10-14-31/h3-22,27H,1-2,23-26H2. The molecule has 5 nitrogen and oxygen atoms in total. The summed E-state index contributed by atoms with van der Waals surface area (Å²) in [5.74, 6) is -0.885. The van der Waals surface area contributed by atoms with E-state index in [4.69, 9.17) is 9.47 Å². The number of esters is 2. The van der Waals surface area contributed by atoms with Crippen LogP contribution in [0.25, 0.3) is 11.6 Å². The number of hydrogen-bond donors (Lipinski definition) is 0. The van der Waals surface area contributed by atoms with Crippen molar-refractivity contribution in [3.63, 3.8) is 0 Å². The van der Waals surface area contributed by atoms with Crippen LogP contribution in [0.5, 0.6) is 0 Å². The van der Waals surface area contributed by atoms with E-state index < -0.39 is 11.9 Å². The summed E-state index contributed by atoms with van der Waals surface area (Å²) in [6, 6.07) is 37.0. The summed E-state index contributed by atoms with van der Waals surface area (Å²) in [7, 11) is 0. The van der Waals surface area contributed by atoms with E-state index in [-0.39, 0.29) is 13.2 Å². The molecule has 0 aliphatic heterocycles. The maximum absolute atomic E-state index is 11.7. The highest BCUT2D eigenvalue weighted by atomic mass is 16.5. The number of hydrogen-bond acceptors (Lipinski definition) is 5. The first kappa shape index (κ1) is 28.8. The molecule has 0 aromatic heterocycles. The van der Waals surface area contributed by atoms with Gasteiger partial charge < -0.3 is 14.4 Å². The van der Waals surface area contributed by atoms with Gasteiger partial charge in [0.15, 0.2) is 0 Å². The van der Waals surface area contributed by atoms with Gasteiger partial charge in [0.05, 0.1) is 13.2 Å². The quantitative estimate of drug-likeness (QED) is 0.0998. The highest BCUT2D eigenvalue weighted by molar-refractivity contribution is 5.91. The lowest BCUT2D eigenvalue weighted by molar-refractivity contribution is -0.138. The maximum Gasteiger partial charge on any atom is 0.330 e. The predicted octanol–water partition coefficient (Wildman–Crippen LogP) is 7.41. The lowest BCUT2D eigenvalue weighted by Gasteiger charge is -2.25.